The molecule has 0 aliphatic carbocycles. The Hall–Kier alpha value is -1.35. The van der Waals surface area contributed by atoms with Gasteiger partial charge in [-0.25, -0.2) is 0 Å². The third-order valence-corrected chi connectivity index (χ3v) is 2.45. The smallest absolute Gasteiger partial charge is 0.146 e. The van der Waals surface area contributed by atoms with Gasteiger partial charge in [0.05, 0.1) is 13.7 Å². The summed E-state index contributed by atoms with van der Waals surface area (Å²) >= 11 is 0. The van der Waals surface area contributed by atoms with Crippen molar-refractivity contribution in [1.29, 1.82) is 0 Å². The van der Waals surface area contributed by atoms with Gasteiger partial charge in [0, 0.05) is 13.0 Å². The second-order valence-electron chi connectivity index (χ2n) is 3.91. The van der Waals surface area contributed by atoms with Gasteiger partial charge >= 0.3 is 0 Å². The van der Waals surface area contributed by atoms with Gasteiger partial charge in [-0.05, 0) is 24.7 Å². The molecule has 16 heavy (non-hydrogen) atoms. The summed E-state index contributed by atoms with van der Waals surface area (Å²) in [5, 5.41) is 0. The van der Waals surface area contributed by atoms with E-state index >= 15 is 0 Å². The summed E-state index contributed by atoms with van der Waals surface area (Å²) in [5.74, 6) is 1.13. The van der Waals surface area contributed by atoms with Crippen LogP contribution >= 0.6 is 0 Å². The van der Waals surface area contributed by atoms with Crippen LogP contribution in [0.25, 0.3) is 0 Å². The van der Waals surface area contributed by atoms with Crippen molar-refractivity contribution in [2.75, 3.05) is 20.7 Å². The molecule has 0 fully saturated rings. The van der Waals surface area contributed by atoms with Gasteiger partial charge < -0.3 is 4.74 Å². The lowest BCUT2D eigenvalue weighted by molar-refractivity contribution is -0.119. The van der Waals surface area contributed by atoms with Crippen LogP contribution in [0.15, 0.2) is 24.3 Å². The van der Waals surface area contributed by atoms with Crippen LogP contribution < -0.4 is 4.74 Å². The summed E-state index contributed by atoms with van der Waals surface area (Å²) in [6, 6.07) is 7.91. The van der Waals surface area contributed by atoms with Crippen molar-refractivity contribution < 1.29 is 9.53 Å². The molecule has 0 unspecified atom stereocenters. The lowest BCUT2D eigenvalue weighted by atomic mass is 10.2. The van der Waals surface area contributed by atoms with E-state index in [2.05, 4.69) is 0 Å². The second-order valence-corrected chi connectivity index (χ2v) is 3.91. The fourth-order valence-corrected chi connectivity index (χ4v) is 1.51. The van der Waals surface area contributed by atoms with Crippen LogP contribution in [0, 0.1) is 0 Å². The van der Waals surface area contributed by atoms with Crippen molar-refractivity contribution in [2.24, 2.45) is 0 Å². The predicted octanol–water partition coefficient (Wildman–Crippen LogP) is 2.11. The van der Waals surface area contributed by atoms with E-state index in [0.29, 0.717) is 13.0 Å². The number of nitrogens with zero attached hydrogens (tertiary/aromatic N) is 1. The monoisotopic (exact) mass is 221 g/mol. The first-order chi connectivity index (χ1) is 7.65. The highest BCUT2D eigenvalue weighted by Gasteiger charge is 2.05. The lowest BCUT2D eigenvalue weighted by Gasteiger charge is -2.15. The Morgan fingerprint density at radius 1 is 1.31 bits per heavy atom. The molecule has 0 N–H and O–H groups in total. The SMILES string of the molecule is CCC(=O)CN(C)Cc1ccc(OC)cc1. The number of hydrogen-bond donors (Lipinski definition) is 0. The Balaban J connectivity index is 2.49. The number of ketones is 1. The van der Waals surface area contributed by atoms with E-state index in [9.17, 15) is 4.79 Å². The molecule has 1 aromatic carbocycles. The van der Waals surface area contributed by atoms with Crippen LogP contribution in [0.3, 0.4) is 0 Å². The number of methoxy groups -OCH3 is 1. The van der Waals surface area contributed by atoms with Crippen molar-refractivity contribution in [1.82, 2.24) is 4.90 Å². The molecule has 3 heteroatoms. The Labute approximate surface area is 97.0 Å². The van der Waals surface area contributed by atoms with Gasteiger partial charge in [-0.15, -0.1) is 0 Å². The highest BCUT2D eigenvalue weighted by atomic mass is 16.5. The van der Waals surface area contributed by atoms with Gasteiger partial charge in [0.1, 0.15) is 11.5 Å². The highest BCUT2D eigenvalue weighted by molar-refractivity contribution is 5.80. The second kappa shape index (κ2) is 6.28. The van der Waals surface area contributed by atoms with E-state index in [-0.39, 0.29) is 5.78 Å². The molecule has 0 radical (unpaired) electrons. The number of carbonyl (C=O) groups excluding carboxylic acids is 1. The van der Waals surface area contributed by atoms with Gasteiger partial charge in [0.15, 0.2) is 0 Å². The number of rotatable bonds is 6. The molecule has 3 nitrogen and oxygen atoms in total. The molecule has 0 bridgehead atoms. The van der Waals surface area contributed by atoms with Crippen molar-refractivity contribution in [3.05, 3.63) is 29.8 Å². The minimum absolute atomic E-state index is 0.274. The zero-order chi connectivity index (χ0) is 12.0. The largest absolute Gasteiger partial charge is 0.497 e. The summed E-state index contributed by atoms with van der Waals surface area (Å²) in [5.41, 5.74) is 1.19. The number of benzene rings is 1. The molecular weight excluding hydrogens is 202 g/mol. The van der Waals surface area contributed by atoms with Gasteiger partial charge in [0.2, 0.25) is 0 Å². The van der Waals surface area contributed by atoms with E-state index in [4.69, 9.17) is 4.74 Å². The van der Waals surface area contributed by atoms with Crippen LogP contribution in [0.1, 0.15) is 18.9 Å². The minimum atomic E-state index is 0.274. The molecule has 0 saturated heterocycles. The third-order valence-electron chi connectivity index (χ3n) is 2.45. The van der Waals surface area contributed by atoms with Crippen LogP contribution in [0.2, 0.25) is 0 Å². The van der Waals surface area contributed by atoms with Crippen LogP contribution in [0.4, 0.5) is 0 Å². The first-order valence-electron chi connectivity index (χ1n) is 5.49. The summed E-state index contributed by atoms with van der Waals surface area (Å²) in [6.45, 7) is 3.20. The topological polar surface area (TPSA) is 29.5 Å². The standard InChI is InChI=1S/C13H19NO2/c1-4-12(15)10-14(2)9-11-5-7-13(16-3)8-6-11/h5-8H,4,9-10H2,1-3H3. The van der Waals surface area contributed by atoms with Crippen LogP contribution in [-0.2, 0) is 11.3 Å². The zero-order valence-electron chi connectivity index (χ0n) is 10.2. The molecule has 1 rings (SSSR count). The Morgan fingerprint density at radius 3 is 2.44 bits per heavy atom. The summed E-state index contributed by atoms with van der Waals surface area (Å²) in [4.78, 5) is 13.3. The highest BCUT2D eigenvalue weighted by Crippen LogP contribution is 2.12. The molecule has 88 valence electrons. The number of ether oxygens (including phenoxy) is 1. The van der Waals surface area contributed by atoms with E-state index < -0.39 is 0 Å². The minimum Gasteiger partial charge on any atom is -0.497 e. The van der Waals surface area contributed by atoms with Crippen molar-refractivity contribution in [3.8, 4) is 5.75 Å². The molecule has 0 atom stereocenters. The summed E-state index contributed by atoms with van der Waals surface area (Å²) in [7, 11) is 3.61. The maximum Gasteiger partial charge on any atom is 0.146 e. The zero-order valence-corrected chi connectivity index (χ0v) is 10.2. The molecule has 0 spiro atoms. The molecule has 0 aromatic heterocycles. The fourth-order valence-electron chi connectivity index (χ4n) is 1.51. The maximum atomic E-state index is 11.3. The van der Waals surface area contributed by atoms with E-state index in [1.54, 1.807) is 7.11 Å². The molecule has 0 aliphatic heterocycles. The average molecular weight is 221 g/mol. The average Bonchev–Trinajstić information content (AvgIpc) is 2.29. The molecule has 0 aliphatic rings. The van der Waals surface area contributed by atoms with E-state index in [1.165, 1.54) is 5.56 Å². The molecule has 0 amide bonds. The molecular formula is C13H19NO2. The number of likely N-dealkylation sites (N-methyl/N-ethyl adjacent to an activating group) is 1. The summed E-state index contributed by atoms with van der Waals surface area (Å²) in [6.07, 6.45) is 0.604. The number of carbonyl (C=O) groups is 1. The normalized spacial score (nSPS) is 10.5. The molecule has 0 heterocycles. The quantitative estimate of drug-likeness (QED) is 0.736. The Morgan fingerprint density at radius 2 is 1.94 bits per heavy atom. The number of Topliss-reactive ketones (excluding diaryl/α,β-unsaturated/α-hetero) is 1. The van der Waals surface area contributed by atoms with E-state index in [0.717, 1.165) is 12.3 Å². The Bertz CT molecular complexity index is 332. The Kier molecular flexibility index (Phi) is 4.99. The van der Waals surface area contributed by atoms with Crippen LogP contribution in [-0.4, -0.2) is 31.4 Å². The summed E-state index contributed by atoms with van der Waals surface area (Å²) < 4.78 is 5.09. The van der Waals surface area contributed by atoms with Crippen LogP contribution in [0.5, 0.6) is 5.75 Å². The van der Waals surface area contributed by atoms with Gasteiger partial charge in [-0.1, -0.05) is 19.1 Å². The first-order valence-corrected chi connectivity index (χ1v) is 5.49. The fraction of sp³-hybridized carbons (Fsp3) is 0.462. The lowest BCUT2D eigenvalue weighted by Crippen LogP contribution is -2.24. The van der Waals surface area contributed by atoms with E-state index in [1.807, 2.05) is 43.1 Å². The van der Waals surface area contributed by atoms with Gasteiger partial charge in [-0.3, -0.25) is 9.69 Å². The third kappa shape index (κ3) is 4.03. The number of hydrogen-bond acceptors (Lipinski definition) is 3. The van der Waals surface area contributed by atoms with Crippen molar-refractivity contribution in [3.63, 3.8) is 0 Å². The molecule has 1 aromatic rings. The van der Waals surface area contributed by atoms with Gasteiger partial charge in [0.25, 0.3) is 0 Å². The molecule has 0 saturated carbocycles. The predicted molar refractivity (Wildman–Crippen MR) is 64.6 cm³/mol. The van der Waals surface area contributed by atoms with Crippen molar-refractivity contribution in [2.45, 2.75) is 19.9 Å². The maximum absolute atomic E-state index is 11.3. The van der Waals surface area contributed by atoms with Gasteiger partial charge in [-0.2, -0.15) is 0 Å². The van der Waals surface area contributed by atoms with Crippen molar-refractivity contribution >= 4 is 5.78 Å². The first kappa shape index (κ1) is 12.7.